The zero-order valence-corrected chi connectivity index (χ0v) is 26.7. The number of rotatable bonds is 13. The van der Waals surface area contributed by atoms with Gasteiger partial charge in [-0.25, -0.2) is 4.39 Å². The van der Waals surface area contributed by atoms with Crippen LogP contribution in [0.1, 0.15) is 81.0 Å². The van der Waals surface area contributed by atoms with E-state index in [2.05, 4.69) is 56.7 Å². The lowest BCUT2D eigenvalue weighted by molar-refractivity contribution is 0.0897. The molecular weight excluding hydrogens is 571 g/mol. The molecule has 39 heavy (non-hydrogen) atoms. The summed E-state index contributed by atoms with van der Waals surface area (Å²) in [5, 5.41) is 0.0605. The van der Waals surface area contributed by atoms with Crippen molar-refractivity contribution in [1.82, 2.24) is 0 Å². The van der Waals surface area contributed by atoms with Crippen molar-refractivity contribution in [3.63, 3.8) is 0 Å². The maximum Gasteiger partial charge on any atom is 0.192 e. The third-order valence-electron chi connectivity index (χ3n) is 7.81. The summed E-state index contributed by atoms with van der Waals surface area (Å²) < 4.78 is 27.5. The van der Waals surface area contributed by atoms with Crippen molar-refractivity contribution >= 4 is 30.0 Å². The summed E-state index contributed by atoms with van der Waals surface area (Å²) >= 11 is 3.52. The summed E-state index contributed by atoms with van der Waals surface area (Å²) in [6, 6.07) is 22.2. The van der Waals surface area contributed by atoms with Crippen LogP contribution in [-0.4, -0.2) is 14.1 Å². The first kappa shape index (κ1) is 31.2. The minimum Gasteiger partial charge on any atom is -0.488 e. The Balaban J connectivity index is 1.72. The quantitative estimate of drug-likeness (QED) is 0.142. The van der Waals surface area contributed by atoms with Gasteiger partial charge in [0.15, 0.2) is 14.1 Å². The van der Waals surface area contributed by atoms with Gasteiger partial charge in [0.1, 0.15) is 18.2 Å². The Morgan fingerprint density at radius 1 is 0.974 bits per heavy atom. The second-order valence-electron chi connectivity index (χ2n) is 11.7. The summed E-state index contributed by atoms with van der Waals surface area (Å²) in [6.45, 7) is 13.6. The molecule has 0 aliphatic rings. The first-order valence-corrected chi connectivity index (χ1v) is 17.5. The molecule has 0 saturated heterocycles. The van der Waals surface area contributed by atoms with Crippen molar-refractivity contribution in [2.75, 3.05) is 0 Å². The van der Waals surface area contributed by atoms with E-state index < -0.39 is 8.32 Å². The Morgan fingerprint density at radius 3 is 2.26 bits per heavy atom. The Labute approximate surface area is 243 Å². The lowest BCUT2D eigenvalue weighted by Crippen LogP contribution is -2.41. The Kier molecular flexibility index (Phi) is 11.1. The van der Waals surface area contributed by atoms with E-state index in [-0.39, 0.29) is 28.7 Å². The third-order valence-corrected chi connectivity index (χ3v) is 12.8. The van der Waals surface area contributed by atoms with Crippen molar-refractivity contribution in [3.05, 3.63) is 99.8 Å². The molecule has 1 unspecified atom stereocenters. The number of carbonyl (C=O) groups is 1. The molecule has 0 bridgehead atoms. The van der Waals surface area contributed by atoms with Crippen LogP contribution in [-0.2, 0) is 11.0 Å². The zero-order chi connectivity index (χ0) is 28.6. The Hall–Kier alpha value is -2.28. The summed E-state index contributed by atoms with van der Waals surface area (Å²) in [4.78, 5) is 13.7. The number of halogens is 2. The fraction of sp³-hybridized carbons (Fsp3) is 0.424. The molecule has 0 radical (unpaired) electrons. The van der Waals surface area contributed by atoms with E-state index in [1.54, 1.807) is 0 Å². The highest BCUT2D eigenvalue weighted by Gasteiger charge is 2.39. The molecule has 0 aliphatic heterocycles. The highest BCUT2D eigenvalue weighted by atomic mass is 79.9. The molecule has 0 heterocycles. The Bertz CT molecular complexity index is 1210. The lowest BCUT2D eigenvalue weighted by atomic mass is 9.89. The van der Waals surface area contributed by atoms with Crippen LogP contribution in [0.4, 0.5) is 4.39 Å². The molecule has 0 N–H and O–H groups in total. The van der Waals surface area contributed by atoms with Crippen LogP contribution in [0, 0.1) is 11.7 Å². The van der Waals surface area contributed by atoms with Gasteiger partial charge < -0.3 is 9.16 Å². The van der Waals surface area contributed by atoms with Gasteiger partial charge >= 0.3 is 0 Å². The van der Waals surface area contributed by atoms with Crippen molar-refractivity contribution in [1.29, 1.82) is 0 Å². The smallest absolute Gasteiger partial charge is 0.192 e. The largest absolute Gasteiger partial charge is 0.488 e. The molecule has 210 valence electrons. The first-order chi connectivity index (χ1) is 18.4. The number of hydrogen-bond donors (Lipinski definition) is 0. The minimum absolute atomic E-state index is 0.0605. The minimum atomic E-state index is -2.06. The molecule has 3 nitrogen and oxygen atoms in total. The third kappa shape index (κ3) is 8.85. The van der Waals surface area contributed by atoms with Crippen molar-refractivity contribution in [2.24, 2.45) is 5.92 Å². The number of benzene rings is 3. The molecule has 0 aliphatic carbocycles. The maximum atomic E-state index is 13.7. The van der Waals surface area contributed by atoms with Crippen LogP contribution < -0.4 is 4.74 Å². The number of hydrogen-bond acceptors (Lipinski definition) is 3. The van der Waals surface area contributed by atoms with Gasteiger partial charge in [-0.15, -0.1) is 0 Å². The Morgan fingerprint density at radius 2 is 1.64 bits per heavy atom. The molecule has 0 amide bonds. The molecule has 3 aromatic carbocycles. The van der Waals surface area contributed by atoms with Gasteiger partial charge in [0.25, 0.3) is 0 Å². The van der Waals surface area contributed by atoms with Crippen molar-refractivity contribution < 1.29 is 18.3 Å². The second kappa shape index (κ2) is 13.9. The second-order valence-corrected chi connectivity index (χ2v) is 17.4. The van der Waals surface area contributed by atoms with E-state index in [1.165, 1.54) is 12.1 Å². The van der Waals surface area contributed by atoms with E-state index >= 15 is 0 Å². The molecule has 3 aromatic rings. The van der Waals surface area contributed by atoms with E-state index in [9.17, 15) is 9.18 Å². The van der Waals surface area contributed by atoms with Crippen LogP contribution in [0.2, 0.25) is 18.1 Å². The summed E-state index contributed by atoms with van der Waals surface area (Å²) in [6.07, 6.45) is 2.98. The molecule has 2 atom stereocenters. The number of ether oxygens (including phenoxy) is 1. The fourth-order valence-corrected chi connectivity index (χ4v) is 6.01. The standard InChI is InChI=1S/C33H42BrFO3Si/c1-7-25(32(36)29-21-18-27(34)22-31(29)37-23-24-12-9-8-10-13-24)14-11-15-30(26-16-19-28(35)20-17-26)38-39(5,6)33(2,3)4/h8-10,12-13,16-22,25,30H,7,11,14-15,23H2,1-6H3/t25?,30-/m0/s1. The topological polar surface area (TPSA) is 35.5 Å². The van der Waals surface area contributed by atoms with Crippen molar-refractivity contribution in [3.8, 4) is 5.75 Å². The molecule has 3 rings (SSSR count). The van der Waals surface area contributed by atoms with Crippen LogP contribution >= 0.6 is 15.9 Å². The van der Waals surface area contributed by atoms with Crippen LogP contribution in [0.5, 0.6) is 5.75 Å². The highest BCUT2D eigenvalue weighted by molar-refractivity contribution is 9.10. The molecular formula is C33H42BrFO3Si. The fourth-order valence-electron chi connectivity index (χ4n) is 4.35. The van der Waals surface area contributed by atoms with Crippen LogP contribution in [0.25, 0.3) is 0 Å². The first-order valence-electron chi connectivity index (χ1n) is 13.8. The monoisotopic (exact) mass is 612 g/mol. The van der Waals surface area contributed by atoms with Gasteiger partial charge in [-0.05, 0) is 85.3 Å². The molecule has 0 spiro atoms. The molecule has 6 heteroatoms. The van der Waals surface area contributed by atoms with E-state index in [0.717, 1.165) is 41.3 Å². The average molecular weight is 614 g/mol. The number of carbonyl (C=O) groups excluding carboxylic acids is 1. The number of Topliss-reactive ketones (excluding diaryl/α,β-unsaturated/α-hetero) is 1. The van der Waals surface area contributed by atoms with E-state index in [1.807, 2.05) is 60.7 Å². The molecule has 0 saturated carbocycles. The predicted molar refractivity (Wildman–Crippen MR) is 164 cm³/mol. The molecule has 0 fully saturated rings. The normalized spacial score (nSPS) is 13.6. The summed E-state index contributed by atoms with van der Waals surface area (Å²) in [5.41, 5.74) is 2.66. The van der Waals surface area contributed by atoms with E-state index in [0.29, 0.717) is 17.9 Å². The van der Waals surface area contributed by atoms with Gasteiger partial charge in [-0.3, -0.25) is 4.79 Å². The van der Waals surface area contributed by atoms with Gasteiger partial charge in [0, 0.05) is 10.4 Å². The average Bonchev–Trinajstić information content (AvgIpc) is 2.89. The van der Waals surface area contributed by atoms with Crippen LogP contribution in [0.3, 0.4) is 0 Å². The van der Waals surface area contributed by atoms with Gasteiger partial charge in [-0.1, -0.05) is 86.1 Å². The van der Waals surface area contributed by atoms with Crippen molar-refractivity contribution in [2.45, 2.75) is 84.2 Å². The predicted octanol–water partition coefficient (Wildman–Crippen LogP) is 10.3. The van der Waals surface area contributed by atoms with Gasteiger partial charge in [0.2, 0.25) is 0 Å². The van der Waals surface area contributed by atoms with Crippen LogP contribution in [0.15, 0.2) is 77.3 Å². The lowest BCUT2D eigenvalue weighted by Gasteiger charge is -2.39. The summed E-state index contributed by atoms with van der Waals surface area (Å²) in [5.74, 6) is 0.340. The van der Waals surface area contributed by atoms with Gasteiger partial charge in [0.05, 0.1) is 11.7 Å². The van der Waals surface area contributed by atoms with Gasteiger partial charge in [-0.2, -0.15) is 0 Å². The summed E-state index contributed by atoms with van der Waals surface area (Å²) in [7, 11) is -2.06. The zero-order valence-electron chi connectivity index (χ0n) is 24.1. The molecule has 0 aromatic heterocycles. The number of ketones is 1. The SMILES string of the molecule is CCC(CCC[C@H](O[Si](C)(C)C(C)(C)C)c1ccc(F)cc1)C(=O)c1ccc(Br)cc1OCc1ccccc1. The highest BCUT2D eigenvalue weighted by Crippen LogP contribution is 2.41. The maximum absolute atomic E-state index is 13.7. The van der Waals surface area contributed by atoms with E-state index in [4.69, 9.17) is 9.16 Å².